The number of halogens is 4. The Bertz CT molecular complexity index is 1270. The largest absolute Gasteiger partial charge is 0.481 e. The van der Waals surface area contributed by atoms with Crippen LogP contribution >= 0.6 is 27.3 Å². The van der Waals surface area contributed by atoms with Gasteiger partial charge >= 0.3 is 11.9 Å². The second kappa shape index (κ2) is 12.6. The molecule has 1 fully saturated rings. The van der Waals surface area contributed by atoms with E-state index >= 15 is 0 Å². The Balaban J connectivity index is 1.73. The van der Waals surface area contributed by atoms with Crippen molar-refractivity contribution in [1.29, 1.82) is 0 Å². The quantitative estimate of drug-likeness (QED) is 0.257. The first-order chi connectivity index (χ1) is 18.6. The van der Waals surface area contributed by atoms with Crippen LogP contribution in [0.25, 0.3) is 0 Å². The summed E-state index contributed by atoms with van der Waals surface area (Å²) in [6.07, 6.45) is 2.49. The molecule has 2 aliphatic heterocycles. The number of carbonyl (C=O) groups is 2. The van der Waals surface area contributed by atoms with Crippen molar-refractivity contribution in [3.63, 3.8) is 0 Å². The number of aromatic nitrogens is 1. The van der Waals surface area contributed by atoms with Crippen molar-refractivity contribution in [2.75, 3.05) is 19.7 Å². The molecule has 0 radical (unpaired) electrons. The number of amidine groups is 1. The second-order valence-corrected chi connectivity index (χ2v) is 11.1. The number of esters is 1. The lowest BCUT2D eigenvalue weighted by molar-refractivity contribution is -0.139. The van der Waals surface area contributed by atoms with Gasteiger partial charge < -0.3 is 15.2 Å². The Labute approximate surface area is 236 Å². The number of aliphatic carboxylic acids is 1. The van der Waals surface area contributed by atoms with E-state index in [4.69, 9.17) is 14.8 Å². The van der Waals surface area contributed by atoms with Gasteiger partial charge in [-0.05, 0) is 37.5 Å². The molecule has 0 saturated carbocycles. The Kier molecular flexibility index (Phi) is 9.44. The Hall–Kier alpha value is -2.77. The van der Waals surface area contributed by atoms with E-state index in [0.29, 0.717) is 45.8 Å². The number of alkyl halides is 2. The summed E-state index contributed by atoms with van der Waals surface area (Å²) in [4.78, 5) is 34.8. The molecule has 0 spiro atoms. The van der Waals surface area contributed by atoms with Crippen molar-refractivity contribution >= 4 is 45.0 Å². The number of nitrogens with zero attached hydrogens (tertiary/aromatic N) is 3. The van der Waals surface area contributed by atoms with E-state index in [2.05, 4.69) is 26.2 Å². The molecule has 2 unspecified atom stereocenters. The smallest absolute Gasteiger partial charge is 0.338 e. The van der Waals surface area contributed by atoms with Crippen LogP contribution in [0, 0.1) is 5.82 Å². The summed E-state index contributed by atoms with van der Waals surface area (Å²) in [7, 11) is 0. The maximum Gasteiger partial charge on any atom is 0.338 e. The number of carboxylic acid groups (broad SMARTS) is 1. The van der Waals surface area contributed by atoms with Crippen LogP contribution in [0.5, 0.6) is 0 Å². The van der Waals surface area contributed by atoms with Gasteiger partial charge in [-0.15, -0.1) is 11.3 Å². The molecule has 1 saturated heterocycles. The zero-order chi connectivity index (χ0) is 28.2. The van der Waals surface area contributed by atoms with Gasteiger partial charge in [0, 0.05) is 47.2 Å². The summed E-state index contributed by atoms with van der Waals surface area (Å²) in [6, 6.07) is 2.63. The first-order valence-corrected chi connectivity index (χ1v) is 14.2. The topological polar surface area (TPSA) is 104 Å². The lowest BCUT2D eigenvalue weighted by Gasteiger charge is -2.31. The first-order valence-electron chi connectivity index (χ1n) is 12.5. The third-order valence-corrected chi connectivity index (χ3v) is 8.00. The van der Waals surface area contributed by atoms with Crippen LogP contribution in [0.15, 0.2) is 50.5 Å². The van der Waals surface area contributed by atoms with E-state index in [-0.39, 0.29) is 31.6 Å². The number of rotatable bonds is 11. The summed E-state index contributed by atoms with van der Waals surface area (Å²) >= 11 is 4.69. The lowest BCUT2D eigenvalue weighted by Crippen LogP contribution is -2.41. The molecule has 2 N–H and O–H groups in total. The monoisotopic (exact) mass is 628 g/mol. The molecular formula is C26H28BrF3N4O4S. The molecule has 210 valence electrons. The molecular weight excluding hydrogens is 601 g/mol. The highest BCUT2D eigenvalue weighted by Gasteiger charge is 2.45. The zero-order valence-electron chi connectivity index (χ0n) is 21.1. The SMILES string of the molecule is CCOC(=O)C1=C(CN2CC(F)(F)CC2CCCCC(=O)O)NC(c2nccs2)=NC1c1ccc(F)cc1Br. The molecule has 2 aromatic rings. The number of hydrogen-bond acceptors (Lipinski definition) is 8. The van der Waals surface area contributed by atoms with Gasteiger partial charge in [-0.25, -0.2) is 22.9 Å². The highest BCUT2D eigenvalue weighted by Crippen LogP contribution is 2.39. The van der Waals surface area contributed by atoms with Crippen molar-refractivity contribution in [2.45, 2.75) is 57.0 Å². The van der Waals surface area contributed by atoms with Gasteiger partial charge in [0.25, 0.3) is 5.92 Å². The van der Waals surface area contributed by atoms with E-state index in [1.54, 1.807) is 23.4 Å². The molecule has 1 aromatic carbocycles. The summed E-state index contributed by atoms with van der Waals surface area (Å²) in [5, 5.41) is 14.4. The number of nitrogens with one attached hydrogen (secondary N) is 1. The van der Waals surface area contributed by atoms with Gasteiger partial charge in [0.1, 0.15) is 11.9 Å². The van der Waals surface area contributed by atoms with Gasteiger partial charge in [0.2, 0.25) is 0 Å². The number of carboxylic acids is 1. The Morgan fingerprint density at radius 1 is 1.33 bits per heavy atom. The predicted molar refractivity (Wildman–Crippen MR) is 143 cm³/mol. The predicted octanol–water partition coefficient (Wildman–Crippen LogP) is 5.31. The van der Waals surface area contributed by atoms with Crippen LogP contribution in [-0.4, -0.2) is 64.4 Å². The highest BCUT2D eigenvalue weighted by molar-refractivity contribution is 9.10. The van der Waals surface area contributed by atoms with Gasteiger partial charge in [-0.3, -0.25) is 14.7 Å². The minimum absolute atomic E-state index is 0.0208. The van der Waals surface area contributed by atoms with Crippen molar-refractivity contribution in [3.8, 4) is 0 Å². The fourth-order valence-corrected chi connectivity index (χ4v) is 6.02. The standard InChI is InChI=1S/C26H28BrF3N4O4S/c1-2-38-25(37)21-19(13-34-14-26(29,30)12-16(34)5-3-4-6-20(35)36)32-23(24-31-9-10-39-24)33-22(21)17-8-7-15(28)11-18(17)27/h7-11,16,22H,2-6,12-14H2,1H3,(H,32,33)(H,35,36). The molecule has 4 rings (SSSR count). The number of thiazole rings is 1. The fourth-order valence-electron chi connectivity index (χ4n) is 4.86. The highest BCUT2D eigenvalue weighted by atomic mass is 79.9. The molecule has 8 nitrogen and oxygen atoms in total. The van der Waals surface area contributed by atoms with Crippen molar-refractivity contribution < 1.29 is 32.6 Å². The van der Waals surface area contributed by atoms with E-state index in [0.717, 1.165) is 0 Å². The number of likely N-dealkylation sites (tertiary alicyclic amines) is 1. The maximum absolute atomic E-state index is 14.6. The average Bonchev–Trinajstić information content (AvgIpc) is 3.49. The Morgan fingerprint density at radius 2 is 2.13 bits per heavy atom. The molecule has 1 aromatic heterocycles. The van der Waals surface area contributed by atoms with Crippen molar-refractivity contribution in [2.24, 2.45) is 4.99 Å². The summed E-state index contributed by atoms with van der Waals surface area (Å²) in [5.41, 5.74) is 0.997. The minimum atomic E-state index is -2.93. The molecule has 0 aliphatic carbocycles. The third kappa shape index (κ3) is 7.25. The molecule has 2 aliphatic rings. The normalized spacial score (nSPS) is 21.0. The summed E-state index contributed by atoms with van der Waals surface area (Å²) in [6.45, 7) is 1.22. The van der Waals surface area contributed by atoms with Crippen LogP contribution in [0.3, 0.4) is 0 Å². The summed E-state index contributed by atoms with van der Waals surface area (Å²) < 4.78 is 48.9. The van der Waals surface area contributed by atoms with Crippen LogP contribution in [-0.2, 0) is 14.3 Å². The first kappa shape index (κ1) is 29.2. The molecule has 3 heterocycles. The fraction of sp³-hybridized carbons (Fsp3) is 0.462. The van der Waals surface area contributed by atoms with E-state index in [1.807, 2.05) is 0 Å². The molecule has 2 atom stereocenters. The second-order valence-electron chi connectivity index (χ2n) is 9.38. The summed E-state index contributed by atoms with van der Waals surface area (Å²) in [5.74, 6) is -4.63. The number of hydrogen-bond donors (Lipinski definition) is 2. The van der Waals surface area contributed by atoms with Gasteiger partial charge in [-0.1, -0.05) is 28.4 Å². The van der Waals surface area contributed by atoms with Crippen LogP contribution in [0.4, 0.5) is 13.2 Å². The van der Waals surface area contributed by atoms with Crippen LogP contribution in [0.2, 0.25) is 0 Å². The minimum Gasteiger partial charge on any atom is -0.481 e. The van der Waals surface area contributed by atoms with Gasteiger partial charge in [0.15, 0.2) is 10.8 Å². The van der Waals surface area contributed by atoms with Crippen LogP contribution < -0.4 is 5.32 Å². The molecule has 39 heavy (non-hydrogen) atoms. The van der Waals surface area contributed by atoms with E-state index < -0.39 is 42.3 Å². The third-order valence-electron chi connectivity index (χ3n) is 6.54. The number of unbranched alkanes of at least 4 members (excludes halogenated alkanes) is 1. The number of aliphatic imine (C=N–C) groups is 1. The zero-order valence-corrected chi connectivity index (χ0v) is 23.5. The lowest BCUT2D eigenvalue weighted by atomic mass is 9.95. The maximum atomic E-state index is 14.6. The number of ether oxygens (including phenoxy) is 1. The molecule has 13 heteroatoms. The molecule has 0 amide bonds. The number of carbonyl (C=O) groups excluding carboxylic acids is 1. The van der Waals surface area contributed by atoms with E-state index in [9.17, 15) is 22.8 Å². The average molecular weight is 629 g/mol. The molecule has 0 bridgehead atoms. The number of benzene rings is 1. The van der Waals surface area contributed by atoms with Gasteiger partial charge in [0.05, 0.1) is 18.7 Å². The van der Waals surface area contributed by atoms with Crippen LogP contribution in [0.1, 0.15) is 55.6 Å². The van der Waals surface area contributed by atoms with Crippen molar-refractivity contribution in [3.05, 3.63) is 61.9 Å². The van der Waals surface area contributed by atoms with Crippen molar-refractivity contribution in [1.82, 2.24) is 15.2 Å². The van der Waals surface area contributed by atoms with E-state index in [1.165, 1.54) is 29.5 Å². The Morgan fingerprint density at radius 3 is 2.79 bits per heavy atom. The van der Waals surface area contributed by atoms with Gasteiger partial charge in [-0.2, -0.15) is 0 Å².